The zero-order valence-corrected chi connectivity index (χ0v) is 14.1. The van der Waals surface area contributed by atoms with Crippen LogP contribution < -0.4 is 15.4 Å². The van der Waals surface area contributed by atoms with Gasteiger partial charge < -0.3 is 10.2 Å². The van der Waals surface area contributed by atoms with Crippen molar-refractivity contribution in [3.63, 3.8) is 0 Å². The second-order valence-corrected chi connectivity index (χ2v) is 7.49. The van der Waals surface area contributed by atoms with Crippen molar-refractivity contribution in [1.29, 1.82) is 0 Å². The Hall–Kier alpha value is -2.38. The van der Waals surface area contributed by atoms with E-state index in [0.29, 0.717) is 5.69 Å². The average molecular weight is 345 g/mol. The maximum absolute atomic E-state index is 12.4. The number of anilines is 2. The Morgan fingerprint density at radius 2 is 2.00 bits per heavy atom. The third-order valence-electron chi connectivity index (χ3n) is 4.11. The standard InChI is InChI=1S/C17H19N3O3S/c1-12-9-13-5-2-3-8-16(13)20(12)11-17(21)19-14-6-4-7-15(10-14)24(18,22)23/h2-8,10,12H,9,11H2,1H3,(H,19,21)(H2,18,22,23)/t12-/m0/s1. The summed E-state index contributed by atoms with van der Waals surface area (Å²) >= 11 is 0. The molecule has 0 fully saturated rings. The predicted octanol–water partition coefficient (Wildman–Crippen LogP) is 1.72. The third kappa shape index (κ3) is 3.42. The minimum Gasteiger partial charge on any atom is -0.359 e. The highest BCUT2D eigenvalue weighted by Gasteiger charge is 2.27. The largest absolute Gasteiger partial charge is 0.359 e. The van der Waals surface area contributed by atoms with Crippen LogP contribution in [0.1, 0.15) is 12.5 Å². The molecule has 7 heteroatoms. The molecular weight excluding hydrogens is 326 g/mol. The van der Waals surface area contributed by atoms with Crippen LogP contribution in [0.3, 0.4) is 0 Å². The van der Waals surface area contributed by atoms with Gasteiger partial charge in [0.25, 0.3) is 0 Å². The molecule has 0 aromatic heterocycles. The Bertz CT molecular complexity index is 880. The van der Waals surface area contributed by atoms with E-state index in [1.54, 1.807) is 12.1 Å². The Kier molecular flexibility index (Phi) is 4.29. The lowest BCUT2D eigenvalue weighted by atomic mass is 10.1. The molecule has 0 spiro atoms. The summed E-state index contributed by atoms with van der Waals surface area (Å²) in [6.07, 6.45) is 0.907. The van der Waals surface area contributed by atoms with Crippen molar-refractivity contribution in [1.82, 2.24) is 0 Å². The monoisotopic (exact) mass is 345 g/mol. The quantitative estimate of drug-likeness (QED) is 0.882. The Balaban J connectivity index is 1.73. The van der Waals surface area contributed by atoms with Crippen LogP contribution >= 0.6 is 0 Å². The molecule has 0 bridgehead atoms. The van der Waals surface area contributed by atoms with Gasteiger partial charge in [0.1, 0.15) is 0 Å². The fraction of sp³-hybridized carbons (Fsp3) is 0.235. The van der Waals surface area contributed by atoms with Crippen molar-refractivity contribution in [2.24, 2.45) is 5.14 Å². The van der Waals surface area contributed by atoms with Crippen molar-refractivity contribution in [3.8, 4) is 0 Å². The molecule has 1 heterocycles. The lowest BCUT2D eigenvalue weighted by Gasteiger charge is -2.24. The van der Waals surface area contributed by atoms with Gasteiger partial charge in [-0.05, 0) is 43.2 Å². The van der Waals surface area contributed by atoms with E-state index in [0.717, 1.165) is 12.1 Å². The number of rotatable bonds is 4. The molecule has 0 unspecified atom stereocenters. The van der Waals surface area contributed by atoms with Crippen molar-refractivity contribution in [2.45, 2.75) is 24.3 Å². The Morgan fingerprint density at radius 3 is 2.75 bits per heavy atom. The SMILES string of the molecule is C[C@H]1Cc2ccccc2N1CC(=O)Nc1cccc(S(N)(=O)=O)c1. The summed E-state index contributed by atoms with van der Waals surface area (Å²) in [5, 5.41) is 7.84. The van der Waals surface area contributed by atoms with Crippen LogP contribution in [0.5, 0.6) is 0 Å². The number of amides is 1. The van der Waals surface area contributed by atoms with Crippen LogP contribution in [-0.4, -0.2) is 26.9 Å². The first-order valence-corrected chi connectivity index (χ1v) is 9.16. The van der Waals surface area contributed by atoms with Gasteiger partial charge in [0, 0.05) is 17.4 Å². The Morgan fingerprint density at radius 1 is 1.25 bits per heavy atom. The smallest absolute Gasteiger partial charge is 0.243 e. The zero-order valence-electron chi connectivity index (χ0n) is 13.3. The molecule has 6 nitrogen and oxygen atoms in total. The molecule has 0 saturated carbocycles. The molecule has 126 valence electrons. The van der Waals surface area contributed by atoms with Crippen LogP contribution in [0.4, 0.5) is 11.4 Å². The highest BCUT2D eigenvalue weighted by atomic mass is 32.2. The molecule has 0 radical (unpaired) electrons. The van der Waals surface area contributed by atoms with Crippen LogP contribution in [-0.2, 0) is 21.2 Å². The van der Waals surface area contributed by atoms with Gasteiger partial charge in [-0.25, -0.2) is 13.6 Å². The number of sulfonamides is 1. The van der Waals surface area contributed by atoms with Gasteiger partial charge in [0.05, 0.1) is 11.4 Å². The minimum atomic E-state index is -3.79. The number of hydrogen-bond donors (Lipinski definition) is 2. The molecule has 1 atom stereocenters. The highest BCUT2D eigenvalue weighted by molar-refractivity contribution is 7.89. The summed E-state index contributed by atoms with van der Waals surface area (Å²) in [6, 6.07) is 14.2. The molecule has 3 N–H and O–H groups in total. The molecule has 0 saturated heterocycles. The minimum absolute atomic E-state index is 0.0276. The number of hydrogen-bond acceptors (Lipinski definition) is 4. The molecule has 2 aromatic rings. The lowest BCUT2D eigenvalue weighted by molar-refractivity contribution is -0.115. The summed E-state index contributed by atoms with van der Waals surface area (Å²) in [6.45, 7) is 2.28. The average Bonchev–Trinajstić information content (AvgIpc) is 2.83. The second kappa shape index (κ2) is 6.26. The van der Waals surface area contributed by atoms with Crippen LogP contribution in [0.25, 0.3) is 0 Å². The fourth-order valence-corrected chi connectivity index (χ4v) is 3.54. The highest BCUT2D eigenvalue weighted by Crippen LogP contribution is 2.31. The van der Waals surface area contributed by atoms with Gasteiger partial charge in [-0.15, -0.1) is 0 Å². The van der Waals surface area contributed by atoms with Crippen molar-refractivity contribution in [2.75, 3.05) is 16.8 Å². The maximum Gasteiger partial charge on any atom is 0.243 e. The van der Waals surface area contributed by atoms with Gasteiger partial charge in [0.15, 0.2) is 0 Å². The van der Waals surface area contributed by atoms with Gasteiger partial charge in [-0.2, -0.15) is 0 Å². The number of nitrogens with one attached hydrogen (secondary N) is 1. The van der Waals surface area contributed by atoms with Gasteiger partial charge in [-0.3, -0.25) is 4.79 Å². The van der Waals surface area contributed by atoms with Crippen molar-refractivity contribution < 1.29 is 13.2 Å². The molecular formula is C17H19N3O3S. The first-order valence-electron chi connectivity index (χ1n) is 7.62. The van der Waals surface area contributed by atoms with Gasteiger partial charge in [-0.1, -0.05) is 24.3 Å². The normalized spacial score (nSPS) is 16.8. The molecule has 0 aliphatic carbocycles. The second-order valence-electron chi connectivity index (χ2n) is 5.93. The van der Waals surface area contributed by atoms with Gasteiger partial charge in [0.2, 0.25) is 15.9 Å². The number of primary sulfonamides is 1. The summed E-state index contributed by atoms with van der Waals surface area (Å²) < 4.78 is 22.8. The van der Waals surface area contributed by atoms with E-state index < -0.39 is 10.0 Å². The molecule has 24 heavy (non-hydrogen) atoms. The van der Waals surface area contributed by atoms with E-state index in [2.05, 4.69) is 18.3 Å². The molecule has 2 aromatic carbocycles. The van der Waals surface area contributed by atoms with Crippen LogP contribution in [0, 0.1) is 0 Å². The van der Waals surface area contributed by atoms with Crippen molar-refractivity contribution >= 4 is 27.3 Å². The van der Waals surface area contributed by atoms with E-state index in [1.165, 1.54) is 17.7 Å². The zero-order chi connectivity index (χ0) is 17.3. The number of fused-ring (bicyclic) bond motifs is 1. The summed E-state index contributed by atoms with van der Waals surface area (Å²) in [5.41, 5.74) is 2.71. The predicted molar refractivity (Wildman–Crippen MR) is 93.4 cm³/mol. The van der Waals surface area contributed by atoms with Gasteiger partial charge >= 0.3 is 0 Å². The molecule has 3 rings (SSSR count). The maximum atomic E-state index is 12.4. The Labute approximate surface area is 141 Å². The summed E-state index contributed by atoms with van der Waals surface area (Å²) in [4.78, 5) is 14.4. The number of benzene rings is 2. The number of nitrogens with zero attached hydrogens (tertiary/aromatic N) is 1. The van der Waals surface area contributed by atoms with Crippen molar-refractivity contribution in [3.05, 3.63) is 54.1 Å². The molecule has 1 amide bonds. The summed E-state index contributed by atoms with van der Waals surface area (Å²) in [7, 11) is -3.79. The lowest BCUT2D eigenvalue weighted by Crippen LogP contribution is -2.37. The van der Waals surface area contributed by atoms with Crippen LogP contribution in [0.15, 0.2) is 53.4 Å². The topological polar surface area (TPSA) is 92.5 Å². The first kappa shape index (κ1) is 16.5. The number of carbonyl (C=O) groups is 1. The third-order valence-corrected chi connectivity index (χ3v) is 5.02. The number of carbonyl (C=O) groups excluding carboxylic acids is 1. The van der Waals surface area contributed by atoms with E-state index in [4.69, 9.17) is 5.14 Å². The van der Waals surface area contributed by atoms with E-state index in [-0.39, 0.29) is 23.4 Å². The van der Waals surface area contributed by atoms with Crippen LogP contribution in [0.2, 0.25) is 0 Å². The number of nitrogens with two attached hydrogens (primary N) is 1. The fourth-order valence-electron chi connectivity index (χ4n) is 2.98. The van der Waals surface area contributed by atoms with E-state index in [1.807, 2.05) is 23.1 Å². The molecule has 1 aliphatic rings. The first-order chi connectivity index (χ1) is 11.3. The van der Waals surface area contributed by atoms with E-state index in [9.17, 15) is 13.2 Å². The number of para-hydroxylation sites is 1. The summed E-state index contributed by atoms with van der Waals surface area (Å²) in [5.74, 6) is -0.204. The van der Waals surface area contributed by atoms with E-state index >= 15 is 0 Å². The molecule has 1 aliphatic heterocycles.